The lowest BCUT2D eigenvalue weighted by Gasteiger charge is -2.41. The fourth-order valence-electron chi connectivity index (χ4n) is 3.53. The molecule has 24 heavy (non-hydrogen) atoms. The fourth-order valence-corrected chi connectivity index (χ4v) is 3.53. The number of nitrogens with zero attached hydrogens (tertiary/aromatic N) is 4. The summed E-state index contributed by atoms with van der Waals surface area (Å²) in [7, 11) is 0. The fraction of sp³-hybridized carbons (Fsp3) is 0.588. The van der Waals surface area contributed by atoms with Crippen molar-refractivity contribution >= 4 is 16.9 Å². The second-order valence-corrected chi connectivity index (χ2v) is 6.88. The van der Waals surface area contributed by atoms with Crippen LogP contribution in [-0.4, -0.2) is 75.1 Å². The zero-order chi connectivity index (χ0) is 16.5. The first-order chi connectivity index (χ1) is 11.7. The molecule has 2 fully saturated rings. The highest BCUT2D eigenvalue weighted by atomic mass is 16.3. The maximum Gasteiger partial charge on any atom is 0.254 e. The van der Waals surface area contributed by atoms with Crippen LogP contribution in [0.3, 0.4) is 0 Å². The first-order valence-electron chi connectivity index (χ1n) is 8.69. The van der Waals surface area contributed by atoms with Gasteiger partial charge in [0.25, 0.3) is 5.91 Å². The van der Waals surface area contributed by atoms with Gasteiger partial charge in [0, 0.05) is 44.4 Å². The third kappa shape index (κ3) is 3.14. The van der Waals surface area contributed by atoms with Crippen LogP contribution in [0.15, 0.2) is 18.2 Å². The Hall–Kier alpha value is -1.99. The molecule has 1 saturated carbocycles. The minimum atomic E-state index is 0.0360. The van der Waals surface area contributed by atoms with E-state index in [0.29, 0.717) is 17.6 Å². The molecule has 1 aromatic carbocycles. The number of nitrogens with one attached hydrogen (secondary N) is 1. The number of piperazine rings is 1. The van der Waals surface area contributed by atoms with Gasteiger partial charge in [-0.15, -0.1) is 0 Å². The van der Waals surface area contributed by atoms with Gasteiger partial charge in [0.1, 0.15) is 11.0 Å². The van der Waals surface area contributed by atoms with Crippen molar-refractivity contribution in [1.29, 1.82) is 0 Å². The average Bonchev–Trinajstić information content (AvgIpc) is 3.29. The van der Waals surface area contributed by atoms with E-state index in [1.807, 2.05) is 17.0 Å². The van der Waals surface area contributed by atoms with E-state index in [1.165, 1.54) is 12.8 Å². The van der Waals surface area contributed by atoms with E-state index in [2.05, 4.69) is 20.3 Å². The smallest absolute Gasteiger partial charge is 0.254 e. The average molecular weight is 329 g/mol. The lowest BCUT2D eigenvalue weighted by atomic mass is 10.1. The van der Waals surface area contributed by atoms with Gasteiger partial charge in [-0.25, -0.2) is 0 Å². The summed E-state index contributed by atoms with van der Waals surface area (Å²) in [5.41, 5.74) is 2.12. The molecule has 0 bridgehead atoms. The Bertz CT molecular complexity index is 727. The van der Waals surface area contributed by atoms with Crippen molar-refractivity contribution in [3.05, 3.63) is 23.8 Å². The summed E-state index contributed by atoms with van der Waals surface area (Å²) in [6.45, 7) is 3.59. The third-order valence-corrected chi connectivity index (χ3v) is 5.11. The number of aliphatic hydroxyl groups excluding tert-OH is 1. The van der Waals surface area contributed by atoms with E-state index in [1.54, 1.807) is 6.07 Å². The number of fused-ring (bicyclic) bond motifs is 1. The molecule has 2 N–H and O–H groups in total. The summed E-state index contributed by atoms with van der Waals surface area (Å²) in [6, 6.07) is 5.67. The van der Waals surface area contributed by atoms with E-state index in [-0.39, 0.29) is 18.6 Å². The molecule has 0 unspecified atom stereocenters. The number of benzene rings is 1. The molecule has 1 atom stereocenters. The van der Waals surface area contributed by atoms with Gasteiger partial charge in [0.05, 0.1) is 0 Å². The second kappa shape index (κ2) is 6.49. The van der Waals surface area contributed by atoms with Crippen LogP contribution in [0.4, 0.5) is 0 Å². The molecule has 1 aliphatic carbocycles. The van der Waals surface area contributed by atoms with Crippen LogP contribution in [0.25, 0.3) is 11.0 Å². The van der Waals surface area contributed by atoms with Gasteiger partial charge < -0.3 is 10.0 Å². The summed E-state index contributed by atoms with van der Waals surface area (Å²) in [5, 5.41) is 20.0. The zero-order valence-corrected chi connectivity index (χ0v) is 13.7. The summed E-state index contributed by atoms with van der Waals surface area (Å²) in [4.78, 5) is 17.2. The maximum absolute atomic E-state index is 12.8. The Morgan fingerprint density at radius 2 is 2.08 bits per heavy atom. The lowest BCUT2D eigenvalue weighted by molar-refractivity contribution is 0.0407. The number of aromatic nitrogens is 3. The molecular weight excluding hydrogens is 306 g/mol. The van der Waals surface area contributed by atoms with Crippen molar-refractivity contribution < 1.29 is 9.90 Å². The summed E-state index contributed by atoms with van der Waals surface area (Å²) >= 11 is 0. The van der Waals surface area contributed by atoms with Crippen LogP contribution in [0.2, 0.25) is 0 Å². The molecule has 1 aromatic heterocycles. The van der Waals surface area contributed by atoms with Gasteiger partial charge in [-0.3, -0.25) is 9.69 Å². The van der Waals surface area contributed by atoms with Crippen molar-refractivity contribution in [2.24, 2.45) is 5.92 Å². The summed E-state index contributed by atoms with van der Waals surface area (Å²) in [6.07, 6.45) is 3.37. The lowest BCUT2D eigenvalue weighted by Crippen LogP contribution is -2.55. The van der Waals surface area contributed by atoms with Crippen molar-refractivity contribution in [2.75, 3.05) is 32.8 Å². The van der Waals surface area contributed by atoms with Gasteiger partial charge in [-0.1, -0.05) is 0 Å². The van der Waals surface area contributed by atoms with Crippen molar-refractivity contribution in [2.45, 2.75) is 25.3 Å². The number of hydrogen-bond donors (Lipinski definition) is 2. The van der Waals surface area contributed by atoms with Gasteiger partial charge in [-0.2, -0.15) is 15.4 Å². The molecule has 2 heterocycles. The number of carbonyl (C=O) groups is 1. The molecule has 1 saturated heterocycles. The van der Waals surface area contributed by atoms with E-state index in [4.69, 9.17) is 0 Å². The molecule has 7 heteroatoms. The Morgan fingerprint density at radius 1 is 1.25 bits per heavy atom. The van der Waals surface area contributed by atoms with Crippen LogP contribution in [0, 0.1) is 5.92 Å². The highest BCUT2D eigenvalue weighted by molar-refractivity contribution is 5.97. The largest absolute Gasteiger partial charge is 0.396 e. The van der Waals surface area contributed by atoms with E-state index >= 15 is 0 Å². The zero-order valence-electron chi connectivity index (χ0n) is 13.7. The highest BCUT2D eigenvalue weighted by Crippen LogP contribution is 2.31. The molecule has 0 radical (unpaired) electrons. The van der Waals surface area contributed by atoms with E-state index in [0.717, 1.165) is 37.5 Å². The quantitative estimate of drug-likeness (QED) is 0.850. The van der Waals surface area contributed by atoms with Crippen LogP contribution < -0.4 is 0 Å². The third-order valence-electron chi connectivity index (χ3n) is 5.11. The Labute approximate surface area is 140 Å². The molecule has 7 nitrogen and oxygen atoms in total. The summed E-state index contributed by atoms with van der Waals surface area (Å²) in [5.74, 6) is 0.858. The Kier molecular flexibility index (Phi) is 4.20. The molecule has 1 aliphatic heterocycles. The van der Waals surface area contributed by atoms with E-state index in [9.17, 15) is 9.90 Å². The molecule has 0 spiro atoms. The number of H-pyrrole nitrogens is 1. The normalized spacial score (nSPS) is 22.2. The van der Waals surface area contributed by atoms with Crippen LogP contribution in [0.1, 0.15) is 29.6 Å². The Morgan fingerprint density at radius 3 is 2.88 bits per heavy atom. The molecular formula is C17H23N5O2. The number of rotatable bonds is 5. The molecule has 1 amide bonds. The highest BCUT2D eigenvalue weighted by Gasteiger charge is 2.33. The predicted octanol–water partition coefficient (Wildman–Crippen LogP) is 0.877. The van der Waals surface area contributed by atoms with Gasteiger partial charge in [-0.05, 0) is 43.4 Å². The summed E-state index contributed by atoms with van der Waals surface area (Å²) < 4.78 is 0. The first-order valence-corrected chi connectivity index (χ1v) is 8.69. The molecule has 128 valence electrons. The number of hydrogen-bond acceptors (Lipinski definition) is 5. The second-order valence-electron chi connectivity index (χ2n) is 6.88. The van der Waals surface area contributed by atoms with Gasteiger partial charge in [0.15, 0.2) is 0 Å². The molecule has 2 aliphatic rings. The maximum atomic E-state index is 12.8. The van der Waals surface area contributed by atoms with Crippen LogP contribution in [0.5, 0.6) is 0 Å². The topological polar surface area (TPSA) is 85.4 Å². The standard InChI is InChI=1S/C17H23N5O2/c23-8-5-14-11-22(7-6-21(14)10-12-1-2-12)17(24)13-3-4-15-16(9-13)19-20-18-15/h3-4,9,12,14,23H,1-2,5-8,10-11H2,(H,18,19,20)/t14-/m0/s1. The van der Waals surface area contributed by atoms with Gasteiger partial charge in [0.2, 0.25) is 0 Å². The number of aromatic amines is 1. The Balaban J connectivity index is 1.47. The molecule has 4 rings (SSSR count). The minimum Gasteiger partial charge on any atom is -0.396 e. The van der Waals surface area contributed by atoms with Crippen LogP contribution >= 0.6 is 0 Å². The molecule has 2 aromatic rings. The monoisotopic (exact) mass is 329 g/mol. The van der Waals surface area contributed by atoms with Crippen molar-refractivity contribution in [3.63, 3.8) is 0 Å². The van der Waals surface area contributed by atoms with Crippen molar-refractivity contribution in [1.82, 2.24) is 25.2 Å². The van der Waals surface area contributed by atoms with E-state index < -0.39 is 0 Å². The number of amides is 1. The van der Waals surface area contributed by atoms with Crippen molar-refractivity contribution in [3.8, 4) is 0 Å². The van der Waals surface area contributed by atoms with Gasteiger partial charge >= 0.3 is 0 Å². The van der Waals surface area contributed by atoms with Crippen LogP contribution in [-0.2, 0) is 0 Å². The number of carbonyl (C=O) groups excluding carboxylic acids is 1. The minimum absolute atomic E-state index is 0.0360. The number of aliphatic hydroxyl groups is 1. The predicted molar refractivity (Wildman–Crippen MR) is 89.6 cm³/mol. The SMILES string of the molecule is O=C(c1ccc2n[nH]nc2c1)N1CCN(CC2CC2)[C@@H](CCO)C1. The first kappa shape index (κ1) is 15.5.